The third kappa shape index (κ3) is 2.10. The number of hydrogen-bond donors (Lipinski definition) is 2. The highest BCUT2D eigenvalue weighted by Gasteiger charge is 2.24. The highest BCUT2D eigenvalue weighted by atomic mass is 19.1. The predicted molar refractivity (Wildman–Crippen MR) is 52.6 cm³/mol. The second-order valence-corrected chi connectivity index (χ2v) is 3.58. The monoisotopic (exact) mass is 196 g/mol. The molecule has 1 aliphatic carbocycles. The van der Waals surface area contributed by atoms with Crippen molar-refractivity contribution in [2.45, 2.75) is 31.5 Å². The standard InChI is InChI=1S/C9H13FN4/c10-6-1-2-7(3-6)13-9-5-12-4-8(11)14-9/h4-7H,1-3H2,(H3,11,13,14). The van der Waals surface area contributed by atoms with Crippen LogP contribution in [0.5, 0.6) is 0 Å². The molecule has 1 aromatic heterocycles. The Labute approximate surface area is 81.7 Å². The SMILES string of the molecule is Nc1cncc(NC2CCC(F)C2)n1. The van der Waals surface area contributed by atoms with E-state index in [0.717, 1.165) is 6.42 Å². The molecule has 4 nitrogen and oxygen atoms in total. The maximum atomic E-state index is 12.9. The molecule has 3 N–H and O–H groups in total. The van der Waals surface area contributed by atoms with Crippen molar-refractivity contribution in [1.82, 2.24) is 9.97 Å². The van der Waals surface area contributed by atoms with E-state index in [9.17, 15) is 4.39 Å². The lowest BCUT2D eigenvalue weighted by Crippen LogP contribution is -2.17. The Kier molecular flexibility index (Phi) is 2.47. The summed E-state index contributed by atoms with van der Waals surface area (Å²) in [7, 11) is 0. The Bertz CT molecular complexity index is 317. The number of aromatic nitrogens is 2. The van der Waals surface area contributed by atoms with Gasteiger partial charge in [0.05, 0.1) is 12.4 Å². The molecule has 0 aliphatic heterocycles. The van der Waals surface area contributed by atoms with Crippen molar-refractivity contribution >= 4 is 11.6 Å². The molecule has 0 radical (unpaired) electrons. The fourth-order valence-electron chi connectivity index (χ4n) is 1.72. The van der Waals surface area contributed by atoms with E-state index in [0.29, 0.717) is 24.5 Å². The normalized spacial score (nSPS) is 26.4. The molecule has 0 spiro atoms. The van der Waals surface area contributed by atoms with Crippen LogP contribution in [0.25, 0.3) is 0 Å². The molecule has 0 amide bonds. The minimum Gasteiger partial charge on any atom is -0.382 e. The number of anilines is 2. The molecule has 0 saturated heterocycles. The van der Waals surface area contributed by atoms with E-state index < -0.39 is 6.17 Å². The molecule has 14 heavy (non-hydrogen) atoms. The third-order valence-electron chi connectivity index (χ3n) is 2.37. The Balaban J connectivity index is 1.97. The van der Waals surface area contributed by atoms with Crippen LogP contribution in [-0.4, -0.2) is 22.2 Å². The number of alkyl halides is 1. The quantitative estimate of drug-likeness (QED) is 0.749. The maximum absolute atomic E-state index is 12.9. The van der Waals surface area contributed by atoms with Crippen LogP contribution >= 0.6 is 0 Å². The molecule has 5 heteroatoms. The van der Waals surface area contributed by atoms with Gasteiger partial charge >= 0.3 is 0 Å². The Hall–Kier alpha value is -1.39. The summed E-state index contributed by atoms with van der Waals surface area (Å²) in [5.41, 5.74) is 5.47. The smallest absolute Gasteiger partial charge is 0.147 e. The van der Waals surface area contributed by atoms with E-state index in [2.05, 4.69) is 15.3 Å². The summed E-state index contributed by atoms with van der Waals surface area (Å²) in [6, 6.07) is 0.168. The van der Waals surface area contributed by atoms with Crippen molar-refractivity contribution in [3.05, 3.63) is 12.4 Å². The lowest BCUT2D eigenvalue weighted by molar-refractivity contribution is 0.341. The van der Waals surface area contributed by atoms with Crippen molar-refractivity contribution in [1.29, 1.82) is 0 Å². The molecular weight excluding hydrogens is 183 g/mol. The van der Waals surface area contributed by atoms with Crippen LogP contribution in [-0.2, 0) is 0 Å². The van der Waals surface area contributed by atoms with E-state index in [1.807, 2.05) is 0 Å². The number of rotatable bonds is 2. The zero-order chi connectivity index (χ0) is 9.97. The van der Waals surface area contributed by atoms with Crippen LogP contribution in [0.3, 0.4) is 0 Å². The third-order valence-corrected chi connectivity index (χ3v) is 2.37. The maximum Gasteiger partial charge on any atom is 0.147 e. The lowest BCUT2D eigenvalue weighted by Gasteiger charge is -2.11. The zero-order valence-corrected chi connectivity index (χ0v) is 7.78. The number of nitrogens with zero attached hydrogens (tertiary/aromatic N) is 2. The molecule has 0 bridgehead atoms. The van der Waals surface area contributed by atoms with Crippen LogP contribution in [0.4, 0.5) is 16.0 Å². The van der Waals surface area contributed by atoms with Crippen molar-refractivity contribution in [2.75, 3.05) is 11.1 Å². The van der Waals surface area contributed by atoms with E-state index >= 15 is 0 Å². The lowest BCUT2D eigenvalue weighted by atomic mass is 10.2. The van der Waals surface area contributed by atoms with Gasteiger partial charge in [-0.2, -0.15) is 0 Å². The van der Waals surface area contributed by atoms with Gasteiger partial charge in [0.25, 0.3) is 0 Å². The molecule has 1 heterocycles. The number of nitrogen functional groups attached to an aromatic ring is 1. The van der Waals surface area contributed by atoms with E-state index in [4.69, 9.17) is 5.73 Å². The van der Waals surface area contributed by atoms with Gasteiger partial charge in [-0.1, -0.05) is 0 Å². The summed E-state index contributed by atoms with van der Waals surface area (Å²) in [4.78, 5) is 7.94. The average Bonchev–Trinajstić information content (AvgIpc) is 2.51. The van der Waals surface area contributed by atoms with Gasteiger partial charge in [-0.25, -0.2) is 9.37 Å². The van der Waals surface area contributed by atoms with E-state index in [-0.39, 0.29) is 6.04 Å². The molecule has 76 valence electrons. The van der Waals surface area contributed by atoms with Crippen molar-refractivity contribution in [2.24, 2.45) is 0 Å². The number of nitrogens with two attached hydrogens (primary N) is 1. The van der Waals surface area contributed by atoms with Gasteiger partial charge in [0.1, 0.15) is 17.8 Å². The van der Waals surface area contributed by atoms with Crippen LogP contribution in [0.1, 0.15) is 19.3 Å². The van der Waals surface area contributed by atoms with E-state index in [1.165, 1.54) is 6.20 Å². The predicted octanol–water partition coefficient (Wildman–Crippen LogP) is 1.36. The first-order valence-electron chi connectivity index (χ1n) is 4.72. The summed E-state index contributed by atoms with van der Waals surface area (Å²) >= 11 is 0. The summed E-state index contributed by atoms with van der Waals surface area (Å²) in [5, 5.41) is 3.12. The average molecular weight is 196 g/mol. The van der Waals surface area contributed by atoms with Crippen LogP contribution in [0.15, 0.2) is 12.4 Å². The largest absolute Gasteiger partial charge is 0.382 e. The second kappa shape index (κ2) is 3.77. The van der Waals surface area contributed by atoms with Crippen LogP contribution < -0.4 is 11.1 Å². The summed E-state index contributed by atoms with van der Waals surface area (Å²) in [5.74, 6) is 1.01. The van der Waals surface area contributed by atoms with Crippen LogP contribution in [0.2, 0.25) is 0 Å². The van der Waals surface area contributed by atoms with Crippen molar-refractivity contribution in [3.8, 4) is 0 Å². The van der Waals surface area contributed by atoms with Gasteiger partial charge in [0, 0.05) is 6.04 Å². The van der Waals surface area contributed by atoms with Crippen LogP contribution in [0, 0.1) is 0 Å². The molecule has 0 aromatic carbocycles. The van der Waals surface area contributed by atoms with E-state index in [1.54, 1.807) is 6.20 Å². The van der Waals surface area contributed by atoms with Gasteiger partial charge < -0.3 is 11.1 Å². The number of halogens is 1. The Morgan fingerprint density at radius 3 is 2.93 bits per heavy atom. The first kappa shape index (κ1) is 9.18. The molecule has 2 atom stereocenters. The first-order valence-corrected chi connectivity index (χ1v) is 4.72. The first-order chi connectivity index (χ1) is 6.74. The Morgan fingerprint density at radius 1 is 1.43 bits per heavy atom. The summed E-state index contributed by atoms with van der Waals surface area (Å²) < 4.78 is 12.9. The molecular formula is C9H13FN4. The highest BCUT2D eigenvalue weighted by Crippen LogP contribution is 2.24. The topological polar surface area (TPSA) is 63.8 Å². The Morgan fingerprint density at radius 2 is 2.29 bits per heavy atom. The van der Waals surface area contributed by atoms with Gasteiger partial charge in [0.2, 0.25) is 0 Å². The minimum absolute atomic E-state index is 0.168. The minimum atomic E-state index is -0.679. The molecule has 2 rings (SSSR count). The molecule has 1 aromatic rings. The molecule has 1 fully saturated rings. The van der Waals surface area contributed by atoms with Crippen molar-refractivity contribution in [3.63, 3.8) is 0 Å². The number of hydrogen-bond acceptors (Lipinski definition) is 4. The zero-order valence-electron chi connectivity index (χ0n) is 7.78. The van der Waals surface area contributed by atoms with Gasteiger partial charge in [-0.15, -0.1) is 0 Å². The fourth-order valence-corrected chi connectivity index (χ4v) is 1.72. The molecule has 1 aliphatic rings. The number of nitrogens with one attached hydrogen (secondary N) is 1. The summed E-state index contributed by atoms with van der Waals surface area (Å²) in [6.45, 7) is 0. The fraction of sp³-hybridized carbons (Fsp3) is 0.556. The van der Waals surface area contributed by atoms with Crippen molar-refractivity contribution < 1.29 is 4.39 Å². The second-order valence-electron chi connectivity index (χ2n) is 3.58. The van der Waals surface area contributed by atoms with Gasteiger partial charge in [-0.3, -0.25) is 4.98 Å². The summed E-state index contributed by atoms with van der Waals surface area (Å²) in [6.07, 6.45) is 4.43. The highest BCUT2D eigenvalue weighted by molar-refractivity contribution is 5.39. The van der Waals surface area contributed by atoms with Gasteiger partial charge in [0.15, 0.2) is 0 Å². The molecule has 2 unspecified atom stereocenters. The van der Waals surface area contributed by atoms with Gasteiger partial charge in [-0.05, 0) is 19.3 Å². The molecule has 1 saturated carbocycles.